The zero-order chi connectivity index (χ0) is 20.3. The Morgan fingerprint density at radius 2 is 1.90 bits per heavy atom. The minimum atomic E-state index is 0. The van der Waals surface area contributed by atoms with Crippen molar-refractivity contribution in [1.82, 2.24) is 10.6 Å². The second-order valence-electron chi connectivity index (χ2n) is 7.16. The molecule has 1 unspecified atom stereocenters. The van der Waals surface area contributed by atoms with E-state index in [9.17, 15) is 0 Å². The first-order chi connectivity index (χ1) is 14.3. The maximum atomic E-state index is 5.76. The third-order valence-electron chi connectivity index (χ3n) is 5.06. The number of ether oxygens (including phenoxy) is 2. The first-order valence-electron chi connectivity index (χ1n) is 10.3. The summed E-state index contributed by atoms with van der Waals surface area (Å²) >= 11 is 0. The van der Waals surface area contributed by atoms with Gasteiger partial charge in [0.1, 0.15) is 5.75 Å². The predicted molar refractivity (Wildman–Crippen MR) is 134 cm³/mol. The highest BCUT2D eigenvalue weighted by Crippen LogP contribution is 2.19. The molecular formula is C23H33IN4O2. The molecule has 0 amide bonds. The van der Waals surface area contributed by atoms with Crippen LogP contribution in [0.15, 0.2) is 59.6 Å². The van der Waals surface area contributed by atoms with Crippen molar-refractivity contribution in [3.05, 3.63) is 60.2 Å². The molecule has 0 saturated carbocycles. The second-order valence-corrected chi connectivity index (χ2v) is 7.16. The lowest BCUT2D eigenvalue weighted by atomic mass is 10.2. The van der Waals surface area contributed by atoms with Crippen LogP contribution in [0.1, 0.15) is 18.4 Å². The molecule has 1 aliphatic heterocycles. The molecule has 164 valence electrons. The number of guanidine groups is 1. The highest BCUT2D eigenvalue weighted by molar-refractivity contribution is 14.0. The summed E-state index contributed by atoms with van der Waals surface area (Å²) in [5, 5.41) is 6.93. The van der Waals surface area contributed by atoms with Crippen molar-refractivity contribution < 1.29 is 9.47 Å². The Hall–Kier alpha value is -2.00. The number of benzene rings is 2. The van der Waals surface area contributed by atoms with Crippen molar-refractivity contribution in [1.29, 1.82) is 0 Å². The molecule has 0 radical (unpaired) electrons. The van der Waals surface area contributed by atoms with Gasteiger partial charge in [-0.1, -0.05) is 30.3 Å². The molecule has 2 aromatic carbocycles. The molecule has 0 spiro atoms. The van der Waals surface area contributed by atoms with Gasteiger partial charge >= 0.3 is 0 Å². The number of anilines is 1. The predicted octanol–water partition coefficient (Wildman–Crippen LogP) is 3.66. The van der Waals surface area contributed by atoms with Crippen LogP contribution in [0.5, 0.6) is 5.75 Å². The van der Waals surface area contributed by atoms with E-state index >= 15 is 0 Å². The summed E-state index contributed by atoms with van der Waals surface area (Å²) in [6.45, 7) is 4.22. The van der Waals surface area contributed by atoms with Gasteiger partial charge in [-0.05, 0) is 42.7 Å². The normalized spacial score (nSPS) is 16.1. The number of aliphatic imine (C=N–C) groups is 1. The van der Waals surface area contributed by atoms with Crippen LogP contribution in [0.3, 0.4) is 0 Å². The van der Waals surface area contributed by atoms with Crippen molar-refractivity contribution in [3.8, 4) is 5.75 Å². The highest BCUT2D eigenvalue weighted by atomic mass is 127. The molecule has 7 heteroatoms. The van der Waals surface area contributed by atoms with E-state index in [2.05, 4.69) is 50.9 Å². The fraction of sp³-hybridized carbons (Fsp3) is 0.435. The van der Waals surface area contributed by atoms with Crippen LogP contribution in [-0.4, -0.2) is 52.4 Å². The molecule has 2 N–H and O–H groups in total. The molecule has 1 atom stereocenters. The quantitative estimate of drug-likeness (QED) is 0.227. The Balaban J connectivity index is 0.00000320. The largest absolute Gasteiger partial charge is 0.497 e. The average Bonchev–Trinajstić information content (AvgIpc) is 3.25. The summed E-state index contributed by atoms with van der Waals surface area (Å²) in [6.07, 6.45) is 2.04. The van der Waals surface area contributed by atoms with Crippen molar-refractivity contribution >= 4 is 35.6 Å². The molecule has 2 aromatic rings. The van der Waals surface area contributed by atoms with Gasteiger partial charge in [0.15, 0.2) is 5.96 Å². The van der Waals surface area contributed by atoms with E-state index < -0.39 is 0 Å². The van der Waals surface area contributed by atoms with E-state index in [-0.39, 0.29) is 24.0 Å². The smallest absolute Gasteiger partial charge is 0.191 e. The van der Waals surface area contributed by atoms with Crippen LogP contribution in [0, 0.1) is 0 Å². The number of hydrogen-bond acceptors (Lipinski definition) is 4. The van der Waals surface area contributed by atoms with Crippen LogP contribution < -0.4 is 20.3 Å². The third kappa shape index (κ3) is 7.68. The van der Waals surface area contributed by atoms with Gasteiger partial charge in [0.25, 0.3) is 0 Å². The fourth-order valence-electron chi connectivity index (χ4n) is 3.43. The molecule has 6 nitrogen and oxygen atoms in total. The van der Waals surface area contributed by atoms with E-state index in [0.717, 1.165) is 49.7 Å². The number of hydrogen-bond donors (Lipinski definition) is 2. The zero-order valence-electron chi connectivity index (χ0n) is 17.8. The zero-order valence-corrected chi connectivity index (χ0v) is 20.2. The molecule has 1 fully saturated rings. The number of para-hydroxylation sites is 1. The Bertz CT molecular complexity index is 756. The summed E-state index contributed by atoms with van der Waals surface area (Å²) < 4.78 is 10.9. The summed E-state index contributed by atoms with van der Waals surface area (Å²) in [5.74, 6) is 1.73. The van der Waals surface area contributed by atoms with E-state index in [0.29, 0.717) is 19.3 Å². The summed E-state index contributed by atoms with van der Waals surface area (Å²) in [4.78, 5) is 6.77. The summed E-state index contributed by atoms with van der Waals surface area (Å²) in [5.41, 5.74) is 2.44. The maximum absolute atomic E-state index is 5.76. The number of rotatable bonds is 9. The molecule has 1 saturated heterocycles. The Morgan fingerprint density at radius 1 is 1.13 bits per heavy atom. The lowest BCUT2D eigenvalue weighted by molar-refractivity contribution is 0.119. The van der Waals surface area contributed by atoms with Gasteiger partial charge in [0.05, 0.1) is 13.7 Å². The summed E-state index contributed by atoms with van der Waals surface area (Å²) in [7, 11) is 3.49. The lowest BCUT2D eigenvalue weighted by Gasteiger charge is -2.20. The number of nitrogens with one attached hydrogen (secondary N) is 2. The average molecular weight is 524 g/mol. The molecule has 0 bridgehead atoms. The maximum Gasteiger partial charge on any atom is 0.191 e. The van der Waals surface area contributed by atoms with Gasteiger partial charge in [-0.25, -0.2) is 0 Å². The first kappa shape index (κ1) is 24.3. The van der Waals surface area contributed by atoms with Crippen molar-refractivity contribution in [2.45, 2.75) is 25.5 Å². The minimum Gasteiger partial charge on any atom is -0.497 e. The Morgan fingerprint density at radius 3 is 2.60 bits per heavy atom. The van der Waals surface area contributed by atoms with Crippen LogP contribution in [0.25, 0.3) is 0 Å². The van der Waals surface area contributed by atoms with Gasteiger partial charge < -0.3 is 25.0 Å². The Kier molecular flexibility index (Phi) is 10.8. The van der Waals surface area contributed by atoms with E-state index in [1.807, 2.05) is 31.3 Å². The standard InChI is InChI=1S/C23H32N4O2.HI/c1-24-23(26-20-13-15-27(17-20)21-7-4-3-5-8-21)25-14-6-16-29-18-19-9-11-22(28-2)12-10-19;/h3-5,7-12,20H,6,13-18H2,1-2H3,(H2,24,25,26);1H. The first-order valence-corrected chi connectivity index (χ1v) is 10.3. The SMILES string of the molecule is CN=C(NCCCOCc1ccc(OC)cc1)NC1CCN(c2ccccc2)C1.I. The lowest BCUT2D eigenvalue weighted by Crippen LogP contribution is -2.45. The Labute approximate surface area is 197 Å². The van der Waals surface area contributed by atoms with Gasteiger partial charge in [0.2, 0.25) is 0 Å². The van der Waals surface area contributed by atoms with Crippen LogP contribution in [-0.2, 0) is 11.3 Å². The second kappa shape index (κ2) is 13.3. The van der Waals surface area contributed by atoms with E-state index in [1.165, 1.54) is 5.69 Å². The number of methoxy groups -OCH3 is 1. The van der Waals surface area contributed by atoms with Crippen molar-refractivity contribution in [3.63, 3.8) is 0 Å². The number of nitrogens with zero attached hydrogens (tertiary/aromatic N) is 2. The van der Waals surface area contributed by atoms with Gasteiger partial charge in [-0.15, -0.1) is 24.0 Å². The minimum absolute atomic E-state index is 0. The molecule has 3 rings (SSSR count). The highest BCUT2D eigenvalue weighted by Gasteiger charge is 2.23. The molecular weight excluding hydrogens is 491 g/mol. The topological polar surface area (TPSA) is 58.1 Å². The monoisotopic (exact) mass is 524 g/mol. The third-order valence-corrected chi connectivity index (χ3v) is 5.06. The molecule has 0 aliphatic carbocycles. The fourth-order valence-corrected chi connectivity index (χ4v) is 3.43. The van der Waals surface area contributed by atoms with Gasteiger partial charge in [-0.2, -0.15) is 0 Å². The van der Waals surface area contributed by atoms with Crippen LogP contribution >= 0.6 is 24.0 Å². The molecule has 1 heterocycles. The van der Waals surface area contributed by atoms with Crippen molar-refractivity contribution in [2.24, 2.45) is 4.99 Å². The van der Waals surface area contributed by atoms with E-state index in [4.69, 9.17) is 9.47 Å². The van der Waals surface area contributed by atoms with Gasteiger partial charge in [-0.3, -0.25) is 4.99 Å². The van der Waals surface area contributed by atoms with E-state index in [1.54, 1.807) is 7.11 Å². The molecule has 30 heavy (non-hydrogen) atoms. The van der Waals surface area contributed by atoms with Crippen molar-refractivity contribution in [2.75, 3.05) is 45.3 Å². The van der Waals surface area contributed by atoms with Gasteiger partial charge in [0, 0.05) is 45.0 Å². The molecule has 1 aliphatic rings. The van der Waals surface area contributed by atoms with Crippen LogP contribution in [0.2, 0.25) is 0 Å². The van der Waals surface area contributed by atoms with Crippen LogP contribution in [0.4, 0.5) is 5.69 Å². The molecule has 0 aromatic heterocycles. The number of halogens is 1. The summed E-state index contributed by atoms with van der Waals surface area (Å²) in [6, 6.07) is 19.0.